The molecular weight excluding hydrogens is 288 g/mol. The van der Waals surface area contributed by atoms with Gasteiger partial charge in [0.15, 0.2) is 11.0 Å². The zero-order valence-electron chi connectivity index (χ0n) is 8.38. The summed E-state index contributed by atoms with van der Waals surface area (Å²) in [4.78, 5) is 4.11. The second kappa shape index (κ2) is 4.18. The number of fused-ring (bicyclic) bond motifs is 1. The Morgan fingerprint density at radius 2 is 2.44 bits per heavy atom. The summed E-state index contributed by atoms with van der Waals surface area (Å²) in [6.45, 7) is 0.961. The summed E-state index contributed by atoms with van der Waals surface area (Å²) in [5, 5.41) is 11.0. The highest BCUT2D eigenvalue weighted by Crippen LogP contribution is 2.34. The molecule has 0 radical (unpaired) electrons. The summed E-state index contributed by atoms with van der Waals surface area (Å²) in [6.07, 6.45) is 3.59. The van der Waals surface area contributed by atoms with Gasteiger partial charge in [-0.1, -0.05) is 27.7 Å². The summed E-state index contributed by atoms with van der Waals surface area (Å²) < 4.78 is 2.16. The van der Waals surface area contributed by atoms with Crippen LogP contribution in [0.3, 0.4) is 0 Å². The third kappa shape index (κ3) is 1.66. The molecule has 6 heteroatoms. The van der Waals surface area contributed by atoms with Crippen LogP contribution in [0, 0.1) is 0 Å². The first-order chi connectivity index (χ1) is 7.88. The molecule has 1 aliphatic heterocycles. The highest BCUT2D eigenvalue weighted by atomic mass is 79.9. The number of nitrogens with zero attached hydrogens (tertiary/aromatic N) is 4. The average molecular weight is 297 g/mol. The Balaban J connectivity index is 2.00. The van der Waals surface area contributed by atoms with Gasteiger partial charge in [0.1, 0.15) is 0 Å². The molecule has 0 aromatic carbocycles. The lowest BCUT2D eigenvalue weighted by atomic mass is 10.2. The van der Waals surface area contributed by atoms with Gasteiger partial charge in [-0.3, -0.25) is 4.98 Å². The molecule has 2 aromatic rings. The predicted molar refractivity (Wildman–Crippen MR) is 66.7 cm³/mol. The minimum absolute atomic E-state index is 0.556. The summed E-state index contributed by atoms with van der Waals surface area (Å²) in [7, 11) is 0. The maximum Gasteiger partial charge on any atom is 0.191 e. The number of hydrogen-bond donors (Lipinski definition) is 0. The molecular formula is C10H9BrN4S. The van der Waals surface area contributed by atoms with Gasteiger partial charge in [-0.05, 0) is 12.1 Å². The van der Waals surface area contributed by atoms with Crippen LogP contribution in [0.15, 0.2) is 29.7 Å². The van der Waals surface area contributed by atoms with E-state index < -0.39 is 0 Å². The Labute approximate surface area is 106 Å². The lowest BCUT2D eigenvalue weighted by Crippen LogP contribution is -2.07. The fourth-order valence-corrected chi connectivity index (χ4v) is 3.28. The average Bonchev–Trinajstić information content (AvgIpc) is 2.88. The molecule has 1 atom stereocenters. The van der Waals surface area contributed by atoms with Crippen molar-refractivity contribution >= 4 is 27.7 Å². The van der Waals surface area contributed by atoms with Crippen LogP contribution >= 0.6 is 27.7 Å². The van der Waals surface area contributed by atoms with Crippen LogP contribution in [0.1, 0.15) is 0 Å². The molecule has 0 amide bonds. The van der Waals surface area contributed by atoms with E-state index in [1.807, 2.05) is 18.3 Å². The smallest absolute Gasteiger partial charge is 0.191 e. The van der Waals surface area contributed by atoms with Gasteiger partial charge in [0.25, 0.3) is 0 Å². The number of pyridine rings is 1. The molecule has 0 unspecified atom stereocenters. The number of halogens is 1. The molecule has 2 aromatic heterocycles. The van der Waals surface area contributed by atoms with E-state index in [4.69, 9.17) is 0 Å². The monoisotopic (exact) mass is 296 g/mol. The lowest BCUT2D eigenvalue weighted by molar-refractivity contribution is 0.679. The van der Waals surface area contributed by atoms with Crippen LogP contribution in [0.5, 0.6) is 0 Å². The molecule has 82 valence electrons. The van der Waals surface area contributed by atoms with E-state index in [1.54, 1.807) is 18.0 Å². The van der Waals surface area contributed by atoms with E-state index in [9.17, 15) is 0 Å². The molecule has 3 rings (SSSR count). The van der Waals surface area contributed by atoms with Crippen molar-refractivity contribution in [3.8, 4) is 11.4 Å². The Hall–Kier alpha value is -0.880. The van der Waals surface area contributed by atoms with Crippen molar-refractivity contribution in [3.63, 3.8) is 0 Å². The number of rotatable bonds is 2. The zero-order valence-corrected chi connectivity index (χ0v) is 10.8. The fraction of sp³-hybridized carbons (Fsp3) is 0.300. The predicted octanol–water partition coefficient (Wildman–Crippen LogP) is 2.21. The van der Waals surface area contributed by atoms with Crippen LogP contribution in [0.2, 0.25) is 0 Å². The quantitative estimate of drug-likeness (QED) is 0.797. The Morgan fingerprint density at radius 1 is 1.50 bits per heavy atom. The standard InChI is InChI=1S/C10H9BrN4S/c11-4-8-6-15-9(13-14-10(15)16-8)7-2-1-3-12-5-7/h1-3,5,8H,4,6H2/t8-/m1/s1. The third-order valence-corrected chi connectivity index (χ3v) is 4.84. The van der Waals surface area contributed by atoms with Gasteiger partial charge < -0.3 is 4.57 Å². The number of thioether (sulfide) groups is 1. The maximum absolute atomic E-state index is 4.21. The van der Waals surface area contributed by atoms with E-state index >= 15 is 0 Å². The summed E-state index contributed by atoms with van der Waals surface area (Å²) in [6, 6.07) is 3.93. The number of aromatic nitrogens is 4. The number of hydrogen-bond acceptors (Lipinski definition) is 4. The van der Waals surface area contributed by atoms with Crippen LogP contribution in [-0.4, -0.2) is 30.3 Å². The Bertz CT molecular complexity index is 499. The fourth-order valence-electron chi connectivity index (χ4n) is 1.72. The first kappa shape index (κ1) is 10.3. The van der Waals surface area contributed by atoms with Crippen molar-refractivity contribution in [3.05, 3.63) is 24.5 Å². The van der Waals surface area contributed by atoms with Crippen molar-refractivity contribution in [1.82, 2.24) is 19.7 Å². The Morgan fingerprint density at radius 3 is 3.19 bits per heavy atom. The van der Waals surface area contributed by atoms with Crippen molar-refractivity contribution < 1.29 is 0 Å². The molecule has 16 heavy (non-hydrogen) atoms. The Kier molecular flexibility index (Phi) is 2.69. The minimum atomic E-state index is 0.556. The van der Waals surface area contributed by atoms with Gasteiger partial charge in [-0.25, -0.2) is 0 Å². The minimum Gasteiger partial charge on any atom is -0.301 e. The van der Waals surface area contributed by atoms with Gasteiger partial charge in [-0.2, -0.15) is 0 Å². The van der Waals surface area contributed by atoms with Crippen LogP contribution in [0.25, 0.3) is 11.4 Å². The molecule has 0 saturated heterocycles. The second-order valence-corrected chi connectivity index (χ2v) is 5.47. The highest BCUT2D eigenvalue weighted by Gasteiger charge is 2.26. The van der Waals surface area contributed by atoms with Crippen molar-refractivity contribution in [2.24, 2.45) is 0 Å². The van der Waals surface area contributed by atoms with Crippen molar-refractivity contribution in [1.29, 1.82) is 0 Å². The molecule has 0 N–H and O–H groups in total. The van der Waals surface area contributed by atoms with Crippen molar-refractivity contribution in [2.75, 3.05) is 5.33 Å². The summed E-state index contributed by atoms with van der Waals surface area (Å²) in [5.41, 5.74) is 1.03. The summed E-state index contributed by atoms with van der Waals surface area (Å²) >= 11 is 5.28. The van der Waals surface area contributed by atoms with Gasteiger partial charge in [-0.15, -0.1) is 10.2 Å². The van der Waals surface area contributed by atoms with Crippen molar-refractivity contribution in [2.45, 2.75) is 17.0 Å². The van der Waals surface area contributed by atoms with Gasteiger partial charge in [0.05, 0.1) is 0 Å². The molecule has 4 nitrogen and oxygen atoms in total. The zero-order chi connectivity index (χ0) is 11.0. The molecule has 0 bridgehead atoms. The molecule has 3 heterocycles. The topological polar surface area (TPSA) is 43.6 Å². The van der Waals surface area contributed by atoms with Crippen LogP contribution in [-0.2, 0) is 6.54 Å². The second-order valence-electron chi connectivity index (χ2n) is 3.55. The number of alkyl halides is 1. The van der Waals surface area contributed by atoms with E-state index in [2.05, 4.69) is 35.7 Å². The van der Waals surface area contributed by atoms with E-state index in [0.29, 0.717) is 5.25 Å². The normalized spacial score (nSPS) is 18.7. The van der Waals surface area contributed by atoms with E-state index in [-0.39, 0.29) is 0 Å². The third-order valence-electron chi connectivity index (χ3n) is 2.47. The van der Waals surface area contributed by atoms with Gasteiger partial charge in [0, 0.05) is 35.1 Å². The maximum atomic E-state index is 4.21. The van der Waals surface area contributed by atoms with Gasteiger partial charge >= 0.3 is 0 Å². The van der Waals surface area contributed by atoms with Crippen LogP contribution < -0.4 is 0 Å². The van der Waals surface area contributed by atoms with E-state index in [0.717, 1.165) is 28.4 Å². The van der Waals surface area contributed by atoms with E-state index in [1.165, 1.54) is 0 Å². The SMILES string of the molecule is BrC[C@@H]1Cn2c(nnc2-c2cccnc2)S1. The first-order valence-corrected chi connectivity index (χ1v) is 6.95. The van der Waals surface area contributed by atoms with Gasteiger partial charge in [0.2, 0.25) is 0 Å². The molecule has 1 aliphatic rings. The largest absolute Gasteiger partial charge is 0.301 e. The summed E-state index contributed by atoms with van der Waals surface area (Å²) in [5.74, 6) is 0.916. The lowest BCUT2D eigenvalue weighted by Gasteiger charge is -2.04. The molecule has 0 fully saturated rings. The molecule has 0 aliphatic carbocycles. The molecule has 0 saturated carbocycles. The molecule has 0 spiro atoms. The van der Waals surface area contributed by atoms with Crippen LogP contribution in [0.4, 0.5) is 0 Å². The highest BCUT2D eigenvalue weighted by molar-refractivity contribution is 9.09. The first-order valence-electron chi connectivity index (χ1n) is 4.94.